The Bertz CT molecular complexity index is 925. The molecule has 28 heavy (non-hydrogen) atoms. The summed E-state index contributed by atoms with van der Waals surface area (Å²) in [6, 6.07) is 5.46. The summed E-state index contributed by atoms with van der Waals surface area (Å²) in [7, 11) is 0. The van der Waals surface area contributed by atoms with E-state index in [0.717, 1.165) is 12.1 Å². The lowest BCUT2D eigenvalue weighted by Crippen LogP contribution is -2.51. The van der Waals surface area contributed by atoms with Crippen molar-refractivity contribution in [1.29, 1.82) is 0 Å². The Labute approximate surface area is 165 Å². The van der Waals surface area contributed by atoms with E-state index in [9.17, 15) is 23.5 Å². The highest BCUT2D eigenvalue weighted by atomic mass is 35.5. The van der Waals surface area contributed by atoms with E-state index in [1.54, 1.807) is 18.2 Å². The summed E-state index contributed by atoms with van der Waals surface area (Å²) in [4.78, 5) is 26.3. The molecule has 3 amide bonds. The van der Waals surface area contributed by atoms with Gasteiger partial charge in [0.25, 0.3) is 0 Å². The van der Waals surface area contributed by atoms with Crippen LogP contribution in [0.15, 0.2) is 36.4 Å². The average molecular weight is 410 g/mol. The average Bonchev–Trinajstić information content (AvgIpc) is 2.65. The van der Waals surface area contributed by atoms with E-state index < -0.39 is 42.3 Å². The maximum absolute atomic E-state index is 14.0. The number of benzene rings is 2. The van der Waals surface area contributed by atoms with E-state index >= 15 is 0 Å². The maximum Gasteiger partial charge on any atom is 0.322 e. The minimum Gasteiger partial charge on any atom is -0.394 e. The Morgan fingerprint density at radius 3 is 2.79 bits per heavy atom. The van der Waals surface area contributed by atoms with Gasteiger partial charge in [-0.3, -0.25) is 4.79 Å². The van der Waals surface area contributed by atoms with Crippen LogP contribution < -0.4 is 10.6 Å². The van der Waals surface area contributed by atoms with Crippen LogP contribution >= 0.6 is 11.6 Å². The first-order valence-corrected chi connectivity index (χ1v) is 8.90. The lowest BCUT2D eigenvalue weighted by Gasteiger charge is -2.34. The summed E-state index contributed by atoms with van der Waals surface area (Å²) in [6.45, 7) is 1.03. The quantitative estimate of drug-likeness (QED) is 0.709. The Morgan fingerprint density at radius 1 is 1.36 bits per heavy atom. The van der Waals surface area contributed by atoms with Crippen molar-refractivity contribution in [2.45, 2.75) is 25.6 Å². The number of anilines is 1. The molecule has 1 heterocycles. The molecule has 0 aliphatic carbocycles. The van der Waals surface area contributed by atoms with Gasteiger partial charge in [0, 0.05) is 27.9 Å². The van der Waals surface area contributed by atoms with Gasteiger partial charge in [0.05, 0.1) is 19.2 Å². The maximum atomic E-state index is 14.0. The van der Waals surface area contributed by atoms with Crippen molar-refractivity contribution in [3.8, 4) is 0 Å². The topological polar surface area (TPSA) is 81.7 Å². The summed E-state index contributed by atoms with van der Waals surface area (Å²) in [5, 5.41) is 15.2. The van der Waals surface area contributed by atoms with Crippen molar-refractivity contribution in [3.05, 3.63) is 64.2 Å². The predicted molar refractivity (Wildman–Crippen MR) is 99.8 cm³/mol. The number of aliphatic hydroxyl groups excluding tert-OH is 1. The smallest absolute Gasteiger partial charge is 0.322 e. The summed E-state index contributed by atoms with van der Waals surface area (Å²) in [5.41, 5.74) is 1.19. The third-order valence-corrected chi connectivity index (χ3v) is 4.99. The second-order valence-corrected chi connectivity index (χ2v) is 6.82. The van der Waals surface area contributed by atoms with Gasteiger partial charge in [0.15, 0.2) is 0 Å². The normalized spacial score (nSPS) is 15.5. The molecule has 1 aliphatic heterocycles. The molecule has 0 spiro atoms. The molecule has 2 aromatic rings. The van der Waals surface area contributed by atoms with Gasteiger partial charge >= 0.3 is 6.03 Å². The molecule has 1 aliphatic rings. The highest BCUT2D eigenvalue weighted by Crippen LogP contribution is 2.30. The van der Waals surface area contributed by atoms with Crippen molar-refractivity contribution >= 4 is 29.2 Å². The third-order valence-electron chi connectivity index (χ3n) is 4.63. The number of nitrogens with one attached hydrogen (secondary N) is 2. The zero-order valence-electron chi connectivity index (χ0n) is 14.9. The number of hydrogen-bond donors (Lipinski definition) is 3. The van der Waals surface area contributed by atoms with Crippen molar-refractivity contribution in [3.63, 3.8) is 0 Å². The van der Waals surface area contributed by atoms with Crippen molar-refractivity contribution in [1.82, 2.24) is 10.2 Å². The molecule has 0 radical (unpaired) electrons. The number of hydrogen-bond acceptors (Lipinski definition) is 3. The lowest BCUT2D eigenvalue weighted by molar-refractivity contribution is -0.126. The lowest BCUT2D eigenvalue weighted by atomic mass is 10.1. The monoisotopic (exact) mass is 409 g/mol. The Balaban J connectivity index is 1.76. The second-order valence-electron chi connectivity index (χ2n) is 6.41. The third kappa shape index (κ3) is 3.93. The first-order valence-electron chi connectivity index (χ1n) is 8.53. The number of aliphatic hydroxyl groups is 1. The van der Waals surface area contributed by atoms with Gasteiger partial charge in [-0.2, -0.15) is 0 Å². The van der Waals surface area contributed by atoms with Crippen LogP contribution in [0.2, 0.25) is 5.02 Å². The number of halogens is 3. The fourth-order valence-electron chi connectivity index (χ4n) is 3.02. The molecule has 0 saturated carbocycles. The molecular formula is C19H18ClF2N3O3. The van der Waals surface area contributed by atoms with Crippen LogP contribution in [0, 0.1) is 11.6 Å². The zero-order chi connectivity index (χ0) is 20.4. The van der Waals surface area contributed by atoms with Crippen LogP contribution in [-0.4, -0.2) is 34.6 Å². The Morgan fingerprint density at radius 2 is 2.11 bits per heavy atom. The molecule has 9 heteroatoms. The first-order chi connectivity index (χ1) is 13.3. The molecule has 2 atom stereocenters. The number of nitrogens with zero attached hydrogens (tertiary/aromatic N) is 1. The van der Waals surface area contributed by atoms with Crippen LogP contribution in [0.4, 0.5) is 19.3 Å². The molecule has 0 fully saturated rings. The molecule has 0 aromatic heterocycles. The molecule has 3 rings (SSSR count). The van der Waals surface area contributed by atoms with Gasteiger partial charge in [-0.15, -0.1) is 0 Å². The highest BCUT2D eigenvalue weighted by Gasteiger charge is 2.32. The van der Waals surface area contributed by atoms with E-state index in [-0.39, 0.29) is 12.1 Å². The van der Waals surface area contributed by atoms with Gasteiger partial charge in [-0.25, -0.2) is 13.6 Å². The van der Waals surface area contributed by atoms with Crippen molar-refractivity contribution < 1.29 is 23.5 Å². The first kappa shape index (κ1) is 20.0. The van der Waals surface area contributed by atoms with Gasteiger partial charge in [0.2, 0.25) is 5.91 Å². The molecule has 148 valence electrons. The van der Waals surface area contributed by atoms with Crippen molar-refractivity contribution in [2.24, 2.45) is 0 Å². The zero-order valence-corrected chi connectivity index (χ0v) is 15.6. The van der Waals surface area contributed by atoms with E-state index in [1.165, 1.54) is 11.8 Å². The van der Waals surface area contributed by atoms with Gasteiger partial charge < -0.3 is 20.6 Å². The second kappa shape index (κ2) is 8.12. The van der Waals surface area contributed by atoms with Gasteiger partial charge in [-0.05, 0) is 25.1 Å². The molecule has 6 nitrogen and oxygen atoms in total. The Hall–Kier alpha value is -2.71. The highest BCUT2D eigenvalue weighted by molar-refractivity contribution is 6.32. The fraction of sp³-hybridized carbons (Fsp3) is 0.263. The molecular weight excluding hydrogens is 392 g/mol. The van der Waals surface area contributed by atoms with Gasteiger partial charge in [-0.1, -0.05) is 23.7 Å². The van der Waals surface area contributed by atoms with Crippen molar-refractivity contribution in [2.75, 3.05) is 11.9 Å². The summed E-state index contributed by atoms with van der Waals surface area (Å²) >= 11 is 6.17. The predicted octanol–water partition coefficient (Wildman–Crippen LogP) is 3.20. The van der Waals surface area contributed by atoms with Crippen LogP contribution in [0.1, 0.15) is 24.1 Å². The van der Waals surface area contributed by atoms with Crippen LogP contribution in [0.5, 0.6) is 0 Å². The van der Waals surface area contributed by atoms with E-state index in [0.29, 0.717) is 22.3 Å². The number of amides is 3. The number of urea groups is 1. The fourth-order valence-corrected chi connectivity index (χ4v) is 3.25. The number of fused-ring (bicyclic) bond motifs is 1. The van der Waals surface area contributed by atoms with Gasteiger partial charge in [0.1, 0.15) is 17.7 Å². The number of rotatable bonds is 5. The molecule has 0 saturated heterocycles. The number of carbonyl (C=O) groups is 2. The molecule has 0 bridgehead atoms. The van der Waals surface area contributed by atoms with Crippen LogP contribution in [-0.2, 0) is 11.3 Å². The summed E-state index contributed by atoms with van der Waals surface area (Å²) in [5.74, 6) is -2.25. The van der Waals surface area contributed by atoms with E-state index in [4.69, 9.17) is 11.6 Å². The van der Waals surface area contributed by atoms with E-state index in [2.05, 4.69) is 10.6 Å². The summed E-state index contributed by atoms with van der Waals surface area (Å²) < 4.78 is 27.1. The van der Waals surface area contributed by atoms with Crippen LogP contribution in [0.25, 0.3) is 0 Å². The number of carbonyl (C=O) groups excluding carboxylic acids is 2. The van der Waals surface area contributed by atoms with E-state index in [1.807, 2.05) is 0 Å². The molecule has 2 aromatic carbocycles. The minimum absolute atomic E-state index is 0.0547. The SMILES string of the molecule is C[C@@H](C(=O)N[C@H](CO)c1ccc(F)cc1F)N1Cc2c(Cl)cccc2NC1=O. The Kier molecular flexibility index (Phi) is 5.81. The minimum atomic E-state index is -1.08. The van der Waals surface area contributed by atoms with Crippen LogP contribution in [0.3, 0.4) is 0 Å². The molecule has 3 N–H and O–H groups in total. The molecule has 0 unspecified atom stereocenters. The largest absolute Gasteiger partial charge is 0.394 e. The summed E-state index contributed by atoms with van der Waals surface area (Å²) in [6.07, 6.45) is 0. The standard InChI is InChI=1S/C19H18ClF2N3O3/c1-10(25-8-13-14(20)3-2-4-16(13)24-19(25)28)18(27)23-17(9-26)12-6-5-11(21)7-15(12)22/h2-7,10,17,26H,8-9H2,1H3,(H,23,27)(H,24,28)/t10-,17+/m0/s1.